The Bertz CT molecular complexity index is 1300. The zero-order valence-electron chi connectivity index (χ0n) is 19.9. The van der Waals surface area contributed by atoms with Crippen molar-refractivity contribution < 1.29 is 14.3 Å². The molecule has 0 heterocycles. The second kappa shape index (κ2) is 8.20. The molecule has 0 spiro atoms. The highest BCUT2D eigenvalue weighted by Crippen LogP contribution is 2.61. The Balaban J connectivity index is 1.32. The number of benzene rings is 3. The third kappa shape index (κ3) is 3.66. The molecule has 0 amide bonds. The standard InChI is InChI=1S/C31H30O3/c1-33-29-10-6-21(15-28(29)31-17-22-11-23(18-31)13-24(12-22)19-31)4-3-20-5-7-26-16-27(30(32)34-2)9-8-25(26)14-20/h5-10,14-16,22-24H,11-13,17-19H2,1-2H3. The molecule has 3 heteroatoms. The fraction of sp³-hybridized carbons (Fsp3) is 0.387. The van der Waals surface area contributed by atoms with Crippen LogP contribution >= 0.6 is 0 Å². The van der Waals surface area contributed by atoms with Crippen LogP contribution in [0.3, 0.4) is 0 Å². The Hall–Kier alpha value is -3.25. The van der Waals surface area contributed by atoms with Crippen LogP contribution in [0.4, 0.5) is 0 Å². The van der Waals surface area contributed by atoms with Gasteiger partial charge < -0.3 is 9.47 Å². The lowest BCUT2D eigenvalue weighted by Crippen LogP contribution is -2.48. The monoisotopic (exact) mass is 450 g/mol. The molecule has 0 atom stereocenters. The van der Waals surface area contributed by atoms with E-state index < -0.39 is 0 Å². The number of carbonyl (C=O) groups excluding carboxylic acids is 1. The molecule has 3 aromatic carbocycles. The topological polar surface area (TPSA) is 35.5 Å². The van der Waals surface area contributed by atoms with Gasteiger partial charge >= 0.3 is 5.97 Å². The average molecular weight is 451 g/mol. The van der Waals surface area contributed by atoms with Gasteiger partial charge in [-0.15, -0.1) is 0 Å². The number of hydrogen-bond acceptors (Lipinski definition) is 3. The van der Waals surface area contributed by atoms with Crippen LogP contribution < -0.4 is 4.74 Å². The first-order valence-electron chi connectivity index (χ1n) is 12.4. The van der Waals surface area contributed by atoms with E-state index in [0.29, 0.717) is 5.56 Å². The zero-order valence-corrected chi connectivity index (χ0v) is 19.9. The summed E-state index contributed by atoms with van der Waals surface area (Å²) in [5.74, 6) is 10.1. The van der Waals surface area contributed by atoms with Gasteiger partial charge in [0.05, 0.1) is 19.8 Å². The summed E-state index contributed by atoms with van der Waals surface area (Å²) < 4.78 is 10.7. The minimum Gasteiger partial charge on any atom is -0.496 e. The van der Waals surface area contributed by atoms with Gasteiger partial charge in [0.15, 0.2) is 0 Å². The van der Waals surface area contributed by atoms with Crippen LogP contribution in [0.25, 0.3) is 10.8 Å². The molecule has 34 heavy (non-hydrogen) atoms. The van der Waals surface area contributed by atoms with Crippen molar-refractivity contribution >= 4 is 16.7 Å². The maximum Gasteiger partial charge on any atom is 0.337 e. The SMILES string of the molecule is COC(=O)c1ccc2cc(C#Cc3ccc(OC)c(C45CC6CC(CC(C6)C4)C5)c3)ccc2c1. The van der Waals surface area contributed by atoms with Crippen LogP contribution in [0.5, 0.6) is 5.75 Å². The second-order valence-electron chi connectivity index (χ2n) is 10.6. The molecule has 0 radical (unpaired) electrons. The fourth-order valence-corrected chi connectivity index (χ4v) is 7.35. The van der Waals surface area contributed by atoms with Crippen molar-refractivity contribution in [2.45, 2.75) is 43.9 Å². The molecule has 0 unspecified atom stereocenters. The first-order chi connectivity index (χ1) is 16.5. The van der Waals surface area contributed by atoms with Gasteiger partial charge in [0.25, 0.3) is 0 Å². The minimum absolute atomic E-state index is 0.276. The smallest absolute Gasteiger partial charge is 0.337 e. The number of fused-ring (bicyclic) bond motifs is 1. The summed E-state index contributed by atoms with van der Waals surface area (Å²) >= 11 is 0. The number of esters is 1. The molecule has 4 bridgehead atoms. The average Bonchev–Trinajstić information content (AvgIpc) is 2.85. The van der Waals surface area contributed by atoms with E-state index >= 15 is 0 Å². The summed E-state index contributed by atoms with van der Waals surface area (Å²) in [5.41, 5.74) is 4.23. The van der Waals surface area contributed by atoms with Gasteiger partial charge in [-0.05, 0) is 115 Å². The maximum atomic E-state index is 11.8. The molecule has 4 saturated carbocycles. The molecule has 0 N–H and O–H groups in total. The lowest BCUT2D eigenvalue weighted by atomic mass is 9.48. The maximum absolute atomic E-state index is 11.8. The van der Waals surface area contributed by atoms with Gasteiger partial charge in [0, 0.05) is 16.7 Å². The fourth-order valence-electron chi connectivity index (χ4n) is 7.35. The third-order valence-electron chi connectivity index (χ3n) is 8.42. The molecule has 4 fully saturated rings. The van der Waals surface area contributed by atoms with Crippen molar-refractivity contribution in [1.82, 2.24) is 0 Å². The van der Waals surface area contributed by atoms with Crippen LogP contribution in [0.15, 0.2) is 54.6 Å². The summed E-state index contributed by atoms with van der Waals surface area (Å²) in [6.45, 7) is 0. The molecule has 4 aliphatic carbocycles. The van der Waals surface area contributed by atoms with E-state index in [0.717, 1.165) is 45.4 Å². The Kier molecular flexibility index (Phi) is 5.14. The van der Waals surface area contributed by atoms with Crippen molar-refractivity contribution in [3.63, 3.8) is 0 Å². The van der Waals surface area contributed by atoms with Crippen molar-refractivity contribution in [2.24, 2.45) is 17.8 Å². The lowest BCUT2D eigenvalue weighted by Gasteiger charge is -2.57. The Morgan fingerprint density at radius 1 is 0.794 bits per heavy atom. The number of carbonyl (C=O) groups is 1. The van der Waals surface area contributed by atoms with Crippen LogP contribution in [0.1, 0.15) is 65.6 Å². The van der Waals surface area contributed by atoms with Gasteiger partial charge in [0.1, 0.15) is 5.75 Å². The molecular weight excluding hydrogens is 420 g/mol. The number of methoxy groups -OCH3 is 2. The van der Waals surface area contributed by atoms with Crippen molar-refractivity contribution in [1.29, 1.82) is 0 Å². The molecule has 0 aromatic heterocycles. The Morgan fingerprint density at radius 2 is 1.38 bits per heavy atom. The van der Waals surface area contributed by atoms with Crippen molar-refractivity contribution in [3.8, 4) is 17.6 Å². The van der Waals surface area contributed by atoms with Gasteiger partial charge in [-0.2, -0.15) is 0 Å². The van der Waals surface area contributed by atoms with Crippen LogP contribution in [0.2, 0.25) is 0 Å². The highest BCUT2D eigenvalue weighted by atomic mass is 16.5. The summed E-state index contributed by atoms with van der Waals surface area (Å²) in [6, 6.07) is 18.2. The van der Waals surface area contributed by atoms with Gasteiger partial charge in [-0.25, -0.2) is 4.79 Å². The quantitative estimate of drug-likeness (QED) is 0.337. The highest BCUT2D eigenvalue weighted by Gasteiger charge is 2.52. The van der Waals surface area contributed by atoms with E-state index in [2.05, 4.69) is 36.1 Å². The molecule has 7 rings (SSSR count). The van der Waals surface area contributed by atoms with Gasteiger partial charge in [-0.3, -0.25) is 0 Å². The van der Waals surface area contributed by atoms with Crippen molar-refractivity contribution in [2.75, 3.05) is 14.2 Å². The third-order valence-corrected chi connectivity index (χ3v) is 8.42. The molecular formula is C31H30O3. The summed E-state index contributed by atoms with van der Waals surface area (Å²) in [5, 5.41) is 2.06. The lowest BCUT2D eigenvalue weighted by molar-refractivity contribution is -0.00616. The van der Waals surface area contributed by atoms with E-state index in [9.17, 15) is 4.79 Å². The van der Waals surface area contributed by atoms with E-state index in [1.54, 1.807) is 13.2 Å². The van der Waals surface area contributed by atoms with Crippen LogP contribution in [0, 0.1) is 29.6 Å². The predicted octanol–water partition coefficient (Wildman–Crippen LogP) is 6.50. The van der Waals surface area contributed by atoms with E-state index in [1.165, 1.54) is 51.2 Å². The zero-order chi connectivity index (χ0) is 23.3. The normalized spacial score (nSPS) is 26.7. The van der Waals surface area contributed by atoms with E-state index in [4.69, 9.17) is 9.47 Å². The minimum atomic E-state index is -0.319. The first-order valence-corrected chi connectivity index (χ1v) is 12.4. The summed E-state index contributed by atoms with van der Waals surface area (Å²) in [6.07, 6.45) is 8.23. The molecule has 3 nitrogen and oxygen atoms in total. The number of hydrogen-bond donors (Lipinski definition) is 0. The summed E-state index contributed by atoms with van der Waals surface area (Å²) in [7, 11) is 3.20. The molecule has 4 aliphatic rings. The van der Waals surface area contributed by atoms with Gasteiger partial charge in [0.2, 0.25) is 0 Å². The van der Waals surface area contributed by atoms with Gasteiger partial charge in [-0.1, -0.05) is 24.0 Å². The Morgan fingerprint density at radius 3 is 2.03 bits per heavy atom. The Labute approximate surface area is 201 Å². The van der Waals surface area contributed by atoms with Crippen LogP contribution in [-0.4, -0.2) is 20.2 Å². The molecule has 3 aromatic rings. The molecule has 0 aliphatic heterocycles. The van der Waals surface area contributed by atoms with E-state index in [-0.39, 0.29) is 11.4 Å². The second-order valence-corrected chi connectivity index (χ2v) is 10.6. The number of rotatable bonds is 3. The first kappa shape index (κ1) is 21.3. The van der Waals surface area contributed by atoms with Crippen molar-refractivity contribution in [3.05, 3.63) is 76.9 Å². The highest BCUT2D eigenvalue weighted by molar-refractivity contribution is 5.95. The summed E-state index contributed by atoms with van der Waals surface area (Å²) in [4.78, 5) is 11.8. The molecule has 0 saturated heterocycles. The van der Waals surface area contributed by atoms with E-state index in [1.807, 2.05) is 24.3 Å². The van der Waals surface area contributed by atoms with Crippen LogP contribution in [-0.2, 0) is 10.2 Å². The molecule has 172 valence electrons. The largest absolute Gasteiger partial charge is 0.496 e. The number of ether oxygens (including phenoxy) is 2. The predicted molar refractivity (Wildman–Crippen MR) is 134 cm³/mol.